The molecule has 1 saturated heterocycles. The Morgan fingerprint density at radius 2 is 1.85 bits per heavy atom. The van der Waals surface area contributed by atoms with Gasteiger partial charge >= 0.3 is 0 Å². The van der Waals surface area contributed by atoms with Crippen LogP contribution < -0.4 is 5.32 Å². The Balaban J connectivity index is 1.56. The molecule has 0 aliphatic carbocycles. The number of hydrogen-bond donors (Lipinski definition) is 1. The molecule has 1 aliphatic heterocycles. The zero-order chi connectivity index (χ0) is 24.6. The van der Waals surface area contributed by atoms with Crippen molar-refractivity contribution in [2.24, 2.45) is 0 Å². The summed E-state index contributed by atoms with van der Waals surface area (Å²) in [5, 5.41) is 2.77. The number of para-hydroxylation sites is 1. The summed E-state index contributed by atoms with van der Waals surface area (Å²) in [5.41, 5.74) is 0.564. The van der Waals surface area contributed by atoms with E-state index in [-0.39, 0.29) is 35.0 Å². The standard InChI is InChI=1S/C24H20ClF2N3O4/c1-13(31)29-12-17(16-6-2-3-8-19(16)29)22(32)24(34)30-11-15(26)9-20(30)23(33)28-10-14-5-4-7-18(25)21(14)27/h2-8,12,15,20H,9-11H2,1H3,(H,28,33)/t15-,20+/m1/s1. The number of nitrogens with zero attached hydrogens (tertiary/aromatic N) is 2. The Labute approximate surface area is 198 Å². The third-order valence-corrected chi connectivity index (χ3v) is 6.08. The number of likely N-dealkylation sites (tertiary alicyclic amines) is 1. The van der Waals surface area contributed by atoms with Gasteiger partial charge in [0, 0.05) is 37.0 Å². The minimum Gasteiger partial charge on any atom is -0.350 e. The van der Waals surface area contributed by atoms with Gasteiger partial charge in [-0.25, -0.2) is 8.78 Å². The Morgan fingerprint density at radius 3 is 2.59 bits per heavy atom. The molecule has 2 heterocycles. The van der Waals surface area contributed by atoms with Crippen molar-refractivity contribution < 1.29 is 28.0 Å². The molecule has 1 N–H and O–H groups in total. The van der Waals surface area contributed by atoms with Gasteiger partial charge in [0.2, 0.25) is 11.8 Å². The topological polar surface area (TPSA) is 88.5 Å². The Hall–Kier alpha value is -3.59. The fourth-order valence-electron chi connectivity index (χ4n) is 4.11. The van der Waals surface area contributed by atoms with Crippen LogP contribution in [0.3, 0.4) is 0 Å². The number of rotatable bonds is 5. The first-order chi connectivity index (χ1) is 16.2. The molecule has 1 aromatic heterocycles. The fourth-order valence-corrected chi connectivity index (χ4v) is 4.30. The highest BCUT2D eigenvalue weighted by atomic mass is 35.5. The van der Waals surface area contributed by atoms with Crippen molar-refractivity contribution in [3.05, 3.63) is 70.6 Å². The molecule has 4 rings (SSSR count). The average Bonchev–Trinajstić information content (AvgIpc) is 3.40. The van der Waals surface area contributed by atoms with E-state index in [2.05, 4.69) is 5.32 Å². The number of amides is 2. The summed E-state index contributed by atoms with van der Waals surface area (Å²) in [6, 6.07) is 9.66. The monoisotopic (exact) mass is 487 g/mol. The highest BCUT2D eigenvalue weighted by Gasteiger charge is 2.42. The van der Waals surface area contributed by atoms with Gasteiger partial charge in [0.05, 0.1) is 22.6 Å². The van der Waals surface area contributed by atoms with Gasteiger partial charge in [-0.1, -0.05) is 41.9 Å². The van der Waals surface area contributed by atoms with E-state index in [0.717, 1.165) is 4.90 Å². The molecule has 2 amide bonds. The van der Waals surface area contributed by atoms with Crippen LogP contribution in [0.2, 0.25) is 5.02 Å². The minimum atomic E-state index is -1.51. The van der Waals surface area contributed by atoms with Crippen molar-refractivity contribution in [3.63, 3.8) is 0 Å². The predicted molar refractivity (Wildman–Crippen MR) is 121 cm³/mol. The minimum absolute atomic E-state index is 0.0155. The molecule has 0 spiro atoms. The first-order valence-corrected chi connectivity index (χ1v) is 10.9. The van der Waals surface area contributed by atoms with Crippen LogP contribution in [0, 0.1) is 5.82 Å². The lowest BCUT2D eigenvalue weighted by molar-refractivity contribution is -0.135. The lowest BCUT2D eigenvalue weighted by atomic mass is 10.1. The third kappa shape index (κ3) is 4.31. The van der Waals surface area contributed by atoms with Crippen molar-refractivity contribution in [1.29, 1.82) is 0 Å². The van der Waals surface area contributed by atoms with Gasteiger partial charge in [0.1, 0.15) is 18.0 Å². The summed E-state index contributed by atoms with van der Waals surface area (Å²) in [5.74, 6) is -3.76. The second-order valence-electron chi connectivity index (χ2n) is 8.02. The Kier molecular flexibility index (Phi) is 6.47. The smallest absolute Gasteiger partial charge is 0.295 e. The normalized spacial score (nSPS) is 17.7. The van der Waals surface area contributed by atoms with Gasteiger partial charge in [-0.3, -0.25) is 23.7 Å². The SMILES string of the molecule is CC(=O)n1cc(C(=O)C(=O)N2C[C@H](F)C[C@H]2C(=O)NCc2cccc(Cl)c2F)c2ccccc21. The summed E-state index contributed by atoms with van der Waals surface area (Å²) >= 11 is 5.75. The molecule has 1 aliphatic rings. The van der Waals surface area contributed by atoms with Crippen LogP contribution in [-0.4, -0.2) is 51.7 Å². The van der Waals surface area contributed by atoms with Gasteiger partial charge in [-0.05, 0) is 12.1 Å². The maximum absolute atomic E-state index is 14.2. The number of carbonyl (C=O) groups is 4. The number of halogens is 3. The van der Waals surface area contributed by atoms with E-state index in [9.17, 15) is 28.0 Å². The van der Waals surface area contributed by atoms with E-state index in [1.165, 1.54) is 35.9 Å². The lowest BCUT2D eigenvalue weighted by Gasteiger charge is -2.23. The largest absolute Gasteiger partial charge is 0.350 e. The number of aromatic nitrogens is 1. The van der Waals surface area contributed by atoms with Crippen molar-refractivity contribution in [3.8, 4) is 0 Å². The van der Waals surface area contributed by atoms with Crippen molar-refractivity contribution in [2.45, 2.75) is 32.1 Å². The first kappa shape index (κ1) is 23.6. The molecule has 7 nitrogen and oxygen atoms in total. The van der Waals surface area contributed by atoms with Gasteiger partial charge < -0.3 is 10.2 Å². The summed E-state index contributed by atoms with van der Waals surface area (Å²) in [4.78, 5) is 51.7. The third-order valence-electron chi connectivity index (χ3n) is 5.79. The molecule has 3 aromatic rings. The molecule has 1 fully saturated rings. The fraction of sp³-hybridized carbons (Fsp3) is 0.250. The number of carbonyl (C=O) groups excluding carboxylic acids is 4. The van der Waals surface area contributed by atoms with E-state index >= 15 is 0 Å². The molecule has 0 radical (unpaired) electrons. The van der Waals surface area contributed by atoms with Gasteiger partial charge in [0.15, 0.2) is 0 Å². The number of fused-ring (bicyclic) bond motifs is 1. The molecule has 34 heavy (non-hydrogen) atoms. The molecule has 10 heteroatoms. The molecule has 176 valence electrons. The first-order valence-electron chi connectivity index (χ1n) is 10.5. The van der Waals surface area contributed by atoms with E-state index in [4.69, 9.17) is 11.6 Å². The van der Waals surface area contributed by atoms with Gasteiger partial charge in [-0.15, -0.1) is 0 Å². The van der Waals surface area contributed by atoms with Crippen molar-refractivity contribution >= 4 is 46.0 Å². The van der Waals surface area contributed by atoms with E-state index in [0.29, 0.717) is 10.9 Å². The van der Waals surface area contributed by atoms with Crippen LogP contribution in [0.1, 0.15) is 34.1 Å². The number of benzene rings is 2. The van der Waals surface area contributed by atoms with Crippen LogP contribution in [0.5, 0.6) is 0 Å². The highest BCUT2D eigenvalue weighted by molar-refractivity contribution is 6.45. The van der Waals surface area contributed by atoms with Crippen LogP contribution in [0.25, 0.3) is 10.9 Å². The quantitative estimate of drug-likeness (QED) is 0.440. The van der Waals surface area contributed by atoms with Gasteiger partial charge in [0.25, 0.3) is 11.7 Å². The molecule has 0 bridgehead atoms. The van der Waals surface area contributed by atoms with Crippen LogP contribution in [0.4, 0.5) is 8.78 Å². The number of nitrogens with one attached hydrogen (secondary N) is 1. The molecule has 2 atom stereocenters. The summed E-state index contributed by atoms with van der Waals surface area (Å²) in [6.45, 7) is 0.667. The maximum Gasteiger partial charge on any atom is 0.295 e. The molecule has 2 aromatic carbocycles. The summed E-state index contributed by atoms with van der Waals surface area (Å²) in [7, 11) is 0. The second kappa shape index (κ2) is 9.34. The molecule has 0 saturated carbocycles. The van der Waals surface area contributed by atoms with Crippen LogP contribution in [-0.2, 0) is 16.1 Å². The van der Waals surface area contributed by atoms with E-state index in [1.54, 1.807) is 24.3 Å². The number of ketones is 1. The van der Waals surface area contributed by atoms with E-state index < -0.39 is 42.2 Å². The molecule has 0 unspecified atom stereocenters. The van der Waals surface area contributed by atoms with Crippen LogP contribution in [0.15, 0.2) is 48.7 Å². The number of hydrogen-bond acceptors (Lipinski definition) is 4. The zero-order valence-corrected chi connectivity index (χ0v) is 18.8. The van der Waals surface area contributed by atoms with Crippen LogP contribution >= 0.6 is 11.6 Å². The highest BCUT2D eigenvalue weighted by Crippen LogP contribution is 2.26. The summed E-state index contributed by atoms with van der Waals surface area (Å²) in [6.07, 6.45) is -0.528. The molecular weight excluding hydrogens is 468 g/mol. The van der Waals surface area contributed by atoms with Crippen molar-refractivity contribution in [2.75, 3.05) is 6.54 Å². The number of Topliss-reactive ketones (excluding diaryl/α,β-unsaturated/α-hetero) is 1. The van der Waals surface area contributed by atoms with Crippen molar-refractivity contribution in [1.82, 2.24) is 14.8 Å². The summed E-state index contributed by atoms with van der Waals surface area (Å²) < 4.78 is 29.6. The lowest BCUT2D eigenvalue weighted by Crippen LogP contribution is -2.48. The predicted octanol–water partition coefficient (Wildman–Crippen LogP) is 3.53. The number of alkyl halides is 1. The Bertz CT molecular complexity index is 1320. The zero-order valence-electron chi connectivity index (χ0n) is 18.1. The molecular formula is C24H20ClF2N3O4. The second-order valence-corrected chi connectivity index (χ2v) is 8.42. The van der Waals surface area contributed by atoms with E-state index in [1.807, 2.05) is 0 Å². The average molecular weight is 488 g/mol. The maximum atomic E-state index is 14.2. The van der Waals surface area contributed by atoms with Gasteiger partial charge in [-0.2, -0.15) is 0 Å². The Morgan fingerprint density at radius 1 is 1.12 bits per heavy atom.